The topological polar surface area (TPSA) is 79.7 Å². The fourth-order valence-electron chi connectivity index (χ4n) is 3.28. The van der Waals surface area contributed by atoms with Gasteiger partial charge in [0.05, 0.1) is 24.1 Å². The number of hydrogen-bond donors (Lipinski definition) is 1. The molecule has 0 atom stereocenters. The van der Waals surface area contributed by atoms with Gasteiger partial charge in [-0.3, -0.25) is 9.48 Å². The number of anilines is 1. The van der Waals surface area contributed by atoms with Crippen LogP contribution in [0, 0.1) is 0 Å². The van der Waals surface area contributed by atoms with E-state index in [1.807, 2.05) is 45.0 Å². The molecule has 0 saturated carbocycles. The Bertz CT molecular complexity index is 848. The quantitative estimate of drug-likeness (QED) is 0.837. The van der Waals surface area contributed by atoms with E-state index < -0.39 is 0 Å². The van der Waals surface area contributed by atoms with Crippen molar-refractivity contribution in [2.45, 2.75) is 33.2 Å². The van der Waals surface area contributed by atoms with Gasteiger partial charge < -0.3 is 19.9 Å². The fraction of sp³-hybridized carbons (Fsp3) is 0.476. The van der Waals surface area contributed by atoms with E-state index in [9.17, 15) is 9.59 Å². The van der Waals surface area contributed by atoms with E-state index in [2.05, 4.69) is 10.4 Å². The van der Waals surface area contributed by atoms with Crippen molar-refractivity contribution in [2.24, 2.45) is 0 Å². The van der Waals surface area contributed by atoms with Gasteiger partial charge in [0.1, 0.15) is 5.75 Å². The highest BCUT2D eigenvalue weighted by Gasteiger charge is 2.24. The van der Waals surface area contributed by atoms with Crippen molar-refractivity contribution >= 4 is 17.6 Å². The van der Waals surface area contributed by atoms with Gasteiger partial charge in [-0.25, -0.2) is 4.79 Å². The molecule has 29 heavy (non-hydrogen) atoms. The zero-order chi connectivity index (χ0) is 20.8. The van der Waals surface area contributed by atoms with Crippen molar-refractivity contribution in [3.05, 3.63) is 42.2 Å². The molecule has 1 aliphatic heterocycles. The molecule has 1 saturated heterocycles. The molecule has 1 aliphatic rings. The lowest BCUT2D eigenvalue weighted by atomic mass is 10.3. The average molecular weight is 399 g/mol. The maximum atomic E-state index is 12.8. The predicted octanol–water partition coefficient (Wildman–Crippen LogP) is 3.24. The van der Waals surface area contributed by atoms with Crippen LogP contribution in [-0.2, 0) is 0 Å². The van der Waals surface area contributed by atoms with E-state index in [0.717, 1.165) is 6.42 Å². The molecule has 0 bridgehead atoms. The third-order valence-electron chi connectivity index (χ3n) is 4.88. The minimum absolute atomic E-state index is 0.0409. The second-order valence-electron chi connectivity index (χ2n) is 7.29. The lowest BCUT2D eigenvalue weighted by Crippen LogP contribution is -2.39. The van der Waals surface area contributed by atoms with Gasteiger partial charge in [0.15, 0.2) is 0 Å². The summed E-state index contributed by atoms with van der Waals surface area (Å²) < 4.78 is 7.35. The largest absolute Gasteiger partial charge is 0.492 e. The van der Waals surface area contributed by atoms with Gasteiger partial charge in [-0.1, -0.05) is 12.1 Å². The highest BCUT2D eigenvalue weighted by atomic mass is 16.5. The molecule has 3 rings (SSSR count). The summed E-state index contributed by atoms with van der Waals surface area (Å²) in [5.74, 6) is 0.609. The molecule has 8 heteroatoms. The highest BCUT2D eigenvalue weighted by Crippen LogP contribution is 2.24. The Morgan fingerprint density at radius 3 is 2.59 bits per heavy atom. The van der Waals surface area contributed by atoms with Crippen molar-refractivity contribution in [2.75, 3.05) is 38.1 Å². The van der Waals surface area contributed by atoms with Crippen molar-refractivity contribution in [1.82, 2.24) is 19.6 Å². The van der Waals surface area contributed by atoms with Gasteiger partial charge in [0.2, 0.25) is 0 Å². The van der Waals surface area contributed by atoms with Crippen molar-refractivity contribution in [3.63, 3.8) is 0 Å². The third-order valence-corrected chi connectivity index (χ3v) is 4.88. The molecule has 3 amide bonds. The number of carbonyl (C=O) groups excluding carboxylic acids is 2. The Labute approximate surface area is 171 Å². The summed E-state index contributed by atoms with van der Waals surface area (Å²) in [5, 5.41) is 7.18. The normalized spacial score (nSPS) is 14.6. The molecule has 156 valence electrons. The Morgan fingerprint density at radius 1 is 1.14 bits per heavy atom. The second kappa shape index (κ2) is 9.45. The van der Waals surface area contributed by atoms with Gasteiger partial charge in [-0.15, -0.1) is 0 Å². The summed E-state index contributed by atoms with van der Waals surface area (Å²) in [7, 11) is 0. The molecule has 1 N–H and O–H groups in total. The molecule has 1 aromatic carbocycles. The van der Waals surface area contributed by atoms with E-state index in [0.29, 0.717) is 49.8 Å². The van der Waals surface area contributed by atoms with Gasteiger partial charge in [0, 0.05) is 38.4 Å². The zero-order valence-electron chi connectivity index (χ0n) is 17.3. The van der Waals surface area contributed by atoms with Crippen LogP contribution in [0.5, 0.6) is 5.75 Å². The standard InChI is InChI=1S/C21H29N5O3/c1-4-29-19-9-6-5-8-18(19)23-21(28)25-11-7-10-24(12-13-25)20(27)17-14-22-26(15-17)16(2)3/h5-6,8-9,14-16H,4,7,10-13H2,1-3H3,(H,23,28). The van der Waals surface area contributed by atoms with Crippen molar-refractivity contribution in [1.29, 1.82) is 0 Å². The van der Waals surface area contributed by atoms with Crippen LogP contribution >= 0.6 is 0 Å². The second-order valence-corrected chi connectivity index (χ2v) is 7.29. The van der Waals surface area contributed by atoms with Crippen LogP contribution in [0.2, 0.25) is 0 Å². The summed E-state index contributed by atoms with van der Waals surface area (Å²) >= 11 is 0. The summed E-state index contributed by atoms with van der Waals surface area (Å²) in [6.07, 6.45) is 4.12. The van der Waals surface area contributed by atoms with Crippen LogP contribution in [0.25, 0.3) is 0 Å². The molecule has 1 aromatic heterocycles. The molecular formula is C21H29N5O3. The van der Waals surface area contributed by atoms with Crippen molar-refractivity contribution < 1.29 is 14.3 Å². The zero-order valence-corrected chi connectivity index (χ0v) is 17.3. The number of nitrogens with one attached hydrogen (secondary N) is 1. The molecular weight excluding hydrogens is 370 g/mol. The van der Waals surface area contributed by atoms with Gasteiger partial charge >= 0.3 is 6.03 Å². The lowest BCUT2D eigenvalue weighted by Gasteiger charge is -2.22. The molecule has 8 nitrogen and oxygen atoms in total. The monoisotopic (exact) mass is 399 g/mol. The van der Waals surface area contributed by atoms with Crippen molar-refractivity contribution in [3.8, 4) is 5.75 Å². The number of ether oxygens (including phenoxy) is 1. The van der Waals surface area contributed by atoms with E-state index >= 15 is 0 Å². The number of hydrogen-bond acceptors (Lipinski definition) is 4. The van der Waals surface area contributed by atoms with E-state index in [1.165, 1.54) is 0 Å². The number of urea groups is 1. The fourth-order valence-corrected chi connectivity index (χ4v) is 3.28. The van der Waals surface area contributed by atoms with Crippen LogP contribution in [0.4, 0.5) is 10.5 Å². The number of carbonyl (C=O) groups is 2. The van der Waals surface area contributed by atoms with Gasteiger partial charge in [0.25, 0.3) is 5.91 Å². The lowest BCUT2D eigenvalue weighted by molar-refractivity contribution is 0.0762. The van der Waals surface area contributed by atoms with E-state index in [1.54, 1.807) is 26.9 Å². The third kappa shape index (κ3) is 5.07. The first-order valence-corrected chi connectivity index (χ1v) is 10.1. The molecule has 2 heterocycles. The number of amides is 3. The SMILES string of the molecule is CCOc1ccccc1NC(=O)N1CCCN(C(=O)c2cnn(C(C)C)c2)CC1. The summed E-state index contributed by atoms with van der Waals surface area (Å²) in [6, 6.07) is 7.41. The Morgan fingerprint density at radius 2 is 1.86 bits per heavy atom. The average Bonchev–Trinajstić information content (AvgIpc) is 3.08. The minimum atomic E-state index is -0.181. The van der Waals surface area contributed by atoms with Gasteiger partial charge in [-0.05, 0) is 39.3 Å². The highest BCUT2D eigenvalue weighted by molar-refractivity contribution is 5.94. The smallest absolute Gasteiger partial charge is 0.322 e. The molecule has 2 aromatic rings. The first-order chi connectivity index (χ1) is 14.0. The van der Waals surface area contributed by atoms with Crippen LogP contribution in [0.3, 0.4) is 0 Å². The van der Waals surface area contributed by atoms with E-state index in [4.69, 9.17) is 4.74 Å². The first kappa shape index (κ1) is 20.7. The minimum Gasteiger partial charge on any atom is -0.492 e. The number of rotatable bonds is 5. The van der Waals surface area contributed by atoms with Crippen LogP contribution in [0.1, 0.15) is 43.6 Å². The predicted molar refractivity (Wildman–Crippen MR) is 111 cm³/mol. The number of aromatic nitrogens is 2. The van der Waals surface area contributed by atoms with E-state index in [-0.39, 0.29) is 18.0 Å². The number of nitrogens with zero attached hydrogens (tertiary/aromatic N) is 4. The maximum absolute atomic E-state index is 12.8. The summed E-state index contributed by atoms with van der Waals surface area (Å²) in [4.78, 5) is 29.1. The molecule has 0 radical (unpaired) electrons. The van der Waals surface area contributed by atoms with Crippen LogP contribution < -0.4 is 10.1 Å². The molecule has 0 aliphatic carbocycles. The number of para-hydroxylation sites is 2. The summed E-state index contributed by atoms with van der Waals surface area (Å²) in [5.41, 5.74) is 1.24. The first-order valence-electron chi connectivity index (χ1n) is 10.1. The number of benzene rings is 1. The Kier molecular flexibility index (Phi) is 6.74. The van der Waals surface area contributed by atoms with Crippen LogP contribution in [-0.4, -0.2) is 64.3 Å². The maximum Gasteiger partial charge on any atom is 0.322 e. The molecule has 0 unspecified atom stereocenters. The summed E-state index contributed by atoms with van der Waals surface area (Å²) in [6.45, 7) is 8.66. The Balaban J connectivity index is 1.60. The van der Waals surface area contributed by atoms with Gasteiger partial charge in [-0.2, -0.15) is 5.10 Å². The Hall–Kier alpha value is -3.03. The molecule has 1 fully saturated rings. The van der Waals surface area contributed by atoms with Crippen LogP contribution in [0.15, 0.2) is 36.7 Å². The molecule has 0 spiro atoms.